The zero-order valence-corrected chi connectivity index (χ0v) is 20.5. The van der Waals surface area contributed by atoms with Gasteiger partial charge in [-0.15, -0.1) is 0 Å². The Balaban J connectivity index is 2.69. The van der Waals surface area contributed by atoms with E-state index in [0.717, 1.165) is 18.2 Å². The number of hydrogen-bond acceptors (Lipinski definition) is 8. The number of alkyl halides is 3. The molecule has 0 amide bonds. The summed E-state index contributed by atoms with van der Waals surface area (Å²) in [5, 5.41) is -0.377. The normalized spacial score (nSPS) is 11.4. The van der Waals surface area contributed by atoms with E-state index in [9.17, 15) is 32.3 Å². The third kappa shape index (κ3) is 5.09. The van der Waals surface area contributed by atoms with Gasteiger partial charge in [-0.05, 0) is 45.9 Å². The van der Waals surface area contributed by atoms with E-state index >= 15 is 0 Å². The second-order valence-electron chi connectivity index (χ2n) is 7.52. The highest BCUT2D eigenvalue weighted by atomic mass is 19.4. The number of carbonyl (C=O) groups is 4. The number of nitrogens with one attached hydrogen (secondary N) is 1. The molecule has 1 heterocycles. The van der Waals surface area contributed by atoms with Crippen LogP contribution in [0, 0.1) is 0 Å². The lowest BCUT2D eigenvalue weighted by molar-refractivity contribution is -0.137. The van der Waals surface area contributed by atoms with E-state index in [1.807, 2.05) is 0 Å². The number of fused-ring (bicyclic) bond motifs is 3. The largest absolute Gasteiger partial charge is 0.462 e. The van der Waals surface area contributed by atoms with Crippen molar-refractivity contribution in [2.24, 2.45) is 0 Å². The fourth-order valence-electron chi connectivity index (χ4n) is 3.94. The molecule has 0 fully saturated rings. The Kier molecular flexibility index (Phi) is 8.09. The summed E-state index contributed by atoms with van der Waals surface area (Å²) in [6.07, 6.45) is -4.74. The summed E-state index contributed by atoms with van der Waals surface area (Å²) in [7, 11) is 0. The molecule has 0 spiro atoms. The van der Waals surface area contributed by atoms with Crippen molar-refractivity contribution in [3.8, 4) is 0 Å². The van der Waals surface area contributed by atoms with Crippen LogP contribution >= 0.6 is 0 Å². The Bertz CT molecular complexity index is 1390. The molecule has 0 saturated heterocycles. The van der Waals surface area contributed by atoms with Crippen molar-refractivity contribution in [3.05, 3.63) is 46.0 Å². The molecule has 0 aliphatic rings. The van der Waals surface area contributed by atoms with Crippen LogP contribution in [-0.4, -0.2) is 55.3 Å². The summed E-state index contributed by atoms with van der Waals surface area (Å²) in [6.45, 7) is 5.31. The molecule has 3 rings (SSSR count). The highest BCUT2D eigenvalue weighted by molar-refractivity contribution is 6.28. The first-order chi connectivity index (χ1) is 17.5. The number of aromatic nitrogens is 1. The van der Waals surface area contributed by atoms with E-state index in [1.54, 1.807) is 0 Å². The van der Waals surface area contributed by atoms with Crippen LogP contribution in [0.25, 0.3) is 21.8 Å². The van der Waals surface area contributed by atoms with Gasteiger partial charge in [-0.2, -0.15) is 13.2 Å². The molecule has 12 heteroatoms. The van der Waals surface area contributed by atoms with Gasteiger partial charge >= 0.3 is 30.1 Å². The van der Waals surface area contributed by atoms with Crippen molar-refractivity contribution >= 4 is 45.7 Å². The molecular weight excluding hydrogens is 499 g/mol. The van der Waals surface area contributed by atoms with E-state index in [4.69, 9.17) is 18.9 Å². The SMILES string of the molecule is CCOC(=O)c1c(C(=O)OCC)c(C(=O)OCC)c2c([nH]c3ccc(C(F)(F)F)cc32)c1C(=O)OCC. The fourth-order valence-corrected chi connectivity index (χ4v) is 3.94. The lowest BCUT2D eigenvalue weighted by Gasteiger charge is -2.18. The van der Waals surface area contributed by atoms with E-state index in [1.165, 1.54) is 27.7 Å². The highest BCUT2D eigenvalue weighted by Gasteiger charge is 2.38. The van der Waals surface area contributed by atoms with Gasteiger partial charge in [0.15, 0.2) is 0 Å². The zero-order chi connectivity index (χ0) is 27.5. The predicted molar refractivity (Wildman–Crippen MR) is 125 cm³/mol. The molecule has 0 aliphatic carbocycles. The Morgan fingerprint density at radius 1 is 0.703 bits per heavy atom. The topological polar surface area (TPSA) is 121 Å². The second kappa shape index (κ2) is 10.9. The van der Waals surface area contributed by atoms with Crippen molar-refractivity contribution in [1.82, 2.24) is 4.98 Å². The molecule has 0 radical (unpaired) electrons. The number of carbonyl (C=O) groups excluding carboxylic acids is 4. The molecule has 9 nitrogen and oxygen atoms in total. The highest BCUT2D eigenvalue weighted by Crippen LogP contribution is 2.40. The van der Waals surface area contributed by atoms with Crippen LogP contribution in [0.15, 0.2) is 18.2 Å². The number of rotatable bonds is 8. The van der Waals surface area contributed by atoms with E-state index in [0.29, 0.717) is 0 Å². The lowest BCUT2D eigenvalue weighted by Crippen LogP contribution is -2.24. The number of benzene rings is 2. The molecule has 0 bridgehead atoms. The van der Waals surface area contributed by atoms with Gasteiger partial charge < -0.3 is 23.9 Å². The van der Waals surface area contributed by atoms with Crippen LogP contribution in [0.1, 0.15) is 74.7 Å². The Labute approximate surface area is 208 Å². The molecule has 3 aromatic rings. The molecule has 1 N–H and O–H groups in total. The van der Waals surface area contributed by atoms with Gasteiger partial charge in [0.1, 0.15) is 0 Å². The van der Waals surface area contributed by atoms with Crippen LogP contribution in [0.2, 0.25) is 0 Å². The van der Waals surface area contributed by atoms with Crippen LogP contribution in [0.3, 0.4) is 0 Å². The minimum absolute atomic E-state index is 0.0925. The summed E-state index contributed by atoms with van der Waals surface area (Å²) >= 11 is 0. The van der Waals surface area contributed by atoms with Crippen LogP contribution in [-0.2, 0) is 25.1 Å². The lowest BCUT2D eigenvalue weighted by atomic mass is 9.90. The average Bonchev–Trinajstić information content (AvgIpc) is 3.20. The monoisotopic (exact) mass is 523 g/mol. The molecule has 37 heavy (non-hydrogen) atoms. The standard InChI is InChI=1S/C25H24F3NO8/c1-5-34-21(30)16-15-13-11-12(25(26,27)28)9-10-14(13)29-20(15)19(24(33)37-8-4)18(23(32)36-7-3)17(16)22(31)35-6-2/h9-11,29H,5-8H2,1-4H3. The maximum absolute atomic E-state index is 13.6. The van der Waals surface area contributed by atoms with Gasteiger partial charge in [0.25, 0.3) is 0 Å². The summed E-state index contributed by atoms with van der Waals surface area (Å²) in [5.41, 5.74) is -3.49. The van der Waals surface area contributed by atoms with Gasteiger partial charge in [-0.25, -0.2) is 19.2 Å². The minimum atomic E-state index is -4.74. The molecule has 1 aromatic heterocycles. The van der Waals surface area contributed by atoms with Crippen molar-refractivity contribution in [2.75, 3.05) is 26.4 Å². The van der Waals surface area contributed by atoms with Crippen molar-refractivity contribution < 1.29 is 51.3 Å². The fraction of sp³-hybridized carbons (Fsp3) is 0.360. The van der Waals surface area contributed by atoms with Crippen molar-refractivity contribution in [3.63, 3.8) is 0 Å². The summed E-state index contributed by atoms with van der Waals surface area (Å²) in [5.74, 6) is -4.51. The molecule has 0 saturated carbocycles. The number of H-pyrrole nitrogens is 1. The summed E-state index contributed by atoms with van der Waals surface area (Å²) in [4.78, 5) is 55.5. The average molecular weight is 523 g/mol. The van der Waals surface area contributed by atoms with Gasteiger partial charge in [0.05, 0.1) is 59.8 Å². The Morgan fingerprint density at radius 2 is 1.14 bits per heavy atom. The molecule has 2 aromatic carbocycles. The maximum atomic E-state index is 13.6. The van der Waals surface area contributed by atoms with Gasteiger partial charge in [0.2, 0.25) is 0 Å². The first-order valence-electron chi connectivity index (χ1n) is 11.4. The summed E-state index contributed by atoms with van der Waals surface area (Å²) in [6, 6.07) is 2.69. The Morgan fingerprint density at radius 3 is 1.59 bits per heavy atom. The molecule has 0 aliphatic heterocycles. The molecule has 0 atom stereocenters. The third-order valence-corrected chi connectivity index (χ3v) is 5.29. The first kappa shape index (κ1) is 27.5. The maximum Gasteiger partial charge on any atom is 0.416 e. The number of halogens is 3. The van der Waals surface area contributed by atoms with Gasteiger partial charge in [0, 0.05) is 16.3 Å². The smallest absolute Gasteiger partial charge is 0.416 e. The molecule has 198 valence electrons. The van der Waals surface area contributed by atoms with E-state index in [-0.39, 0.29) is 48.2 Å². The summed E-state index contributed by atoms with van der Waals surface area (Å²) < 4.78 is 61.1. The number of aromatic amines is 1. The molecular formula is C25H24F3NO8. The predicted octanol–water partition coefficient (Wildman–Crippen LogP) is 5.05. The number of ether oxygens (including phenoxy) is 4. The zero-order valence-electron chi connectivity index (χ0n) is 20.5. The first-order valence-corrected chi connectivity index (χ1v) is 11.4. The quantitative estimate of drug-likeness (QED) is 0.322. The van der Waals surface area contributed by atoms with Crippen LogP contribution < -0.4 is 0 Å². The number of hydrogen-bond donors (Lipinski definition) is 1. The van der Waals surface area contributed by atoms with Crippen LogP contribution in [0.4, 0.5) is 13.2 Å². The number of esters is 4. The Hall–Kier alpha value is -4.09. The van der Waals surface area contributed by atoms with Crippen molar-refractivity contribution in [1.29, 1.82) is 0 Å². The van der Waals surface area contributed by atoms with Gasteiger partial charge in [-0.3, -0.25) is 0 Å². The van der Waals surface area contributed by atoms with Crippen molar-refractivity contribution in [2.45, 2.75) is 33.9 Å². The second-order valence-corrected chi connectivity index (χ2v) is 7.52. The van der Waals surface area contributed by atoms with E-state index in [2.05, 4.69) is 4.98 Å². The third-order valence-electron chi connectivity index (χ3n) is 5.29. The van der Waals surface area contributed by atoms with E-state index < -0.39 is 57.9 Å². The minimum Gasteiger partial charge on any atom is -0.462 e. The van der Waals surface area contributed by atoms with Crippen LogP contribution in [0.5, 0.6) is 0 Å². The molecule has 0 unspecified atom stereocenters. The van der Waals surface area contributed by atoms with Gasteiger partial charge in [-0.1, -0.05) is 0 Å².